The van der Waals surface area contributed by atoms with E-state index in [1.165, 1.54) is 0 Å². The minimum absolute atomic E-state index is 0. The van der Waals surface area contributed by atoms with E-state index in [-0.39, 0.29) is 63.0 Å². The molecule has 0 unspecified atom stereocenters. The van der Waals surface area contributed by atoms with Crippen LogP contribution in [0.3, 0.4) is 0 Å². The molecule has 0 aromatic carbocycles. The maximum absolute atomic E-state index is 8.82. The van der Waals surface area contributed by atoms with Crippen LogP contribution in [0.4, 0.5) is 0 Å². The second-order valence-electron chi connectivity index (χ2n) is 0.448. The van der Waals surface area contributed by atoms with Crippen LogP contribution in [0.25, 0.3) is 0 Å². The molecule has 0 aliphatic heterocycles. The van der Waals surface area contributed by atoms with Crippen LogP contribution in [0.2, 0.25) is 0 Å². The van der Waals surface area contributed by atoms with Crippen molar-refractivity contribution in [3.05, 3.63) is 0 Å². The Kier molecular flexibility index (Phi) is 14.4. The molecule has 0 aliphatic carbocycles. The summed E-state index contributed by atoms with van der Waals surface area (Å²) in [6.45, 7) is 0. The van der Waals surface area contributed by atoms with Crippen LogP contribution in [0, 0.1) is 39.9 Å². The van der Waals surface area contributed by atoms with E-state index >= 15 is 0 Å². The van der Waals surface area contributed by atoms with Crippen molar-refractivity contribution in [2.24, 2.45) is 0 Å². The van der Waals surface area contributed by atoms with Crippen molar-refractivity contribution < 1.29 is 69.5 Å². The van der Waals surface area contributed by atoms with Gasteiger partial charge >= 0.3 is 52.6 Å². The zero-order valence-electron chi connectivity index (χ0n) is 2.47. The van der Waals surface area contributed by atoms with Crippen LogP contribution in [-0.2, 0) is 21.2 Å². The fourth-order valence-corrected chi connectivity index (χ4v) is 0. The van der Waals surface area contributed by atoms with Crippen LogP contribution in [0.5, 0.6) is 0 Å². The van der Waals surface area contributed by atoms with Crippen LogP contribution in [0.1, 0.15) is 0 Å². The molecule has 0 aromatic heterocycles. The van der Waals surface area contributed by atoms with Gasteiger partial charge in [0.1, 0.15) is 0 Å². The maximum atomic E-state index is 8.82. The van der Waals surface area contributed by atoms with E-state index in [1.54, 1.807) is 0 Å². The fourth-order valence-electron chi connectivity index (χ4n) is 0. The van der Waals surface area contributed by atoms with Crippen molar-refractivity contribution in [3.8, 4) is 0 Å². The van der Waals surface area contributed by atoms with Crippen molar-refractivity contribution in [1.29, 1.82) is 0 Å². The molecule has 0 atom stereocenters. The quantitative estimate of drug-likeness (QED) is 0.495. The SMILES string of the molecule is [Gd].[MgH2].[O]=[Cr](=[O])([OH])[OH]. The topological polar surface area (TPSA) is 74.6 Å². The molecule has 0 saturated carbocycles. The molecule has 0 saturated heterocycles. The first-order chi connectivity index (χ1) is 2.00. The van der Waals surface area contributed by atoms with Crippen LogP contribution < -0.4 is 0 Å². The zero-order valence-corrected chi connectivity index (χ0v) is 6.02. The van der Waals surface area contributed by atoms with Crippen LogP contribution in [-0.4, -0.2) is 31.4 Å². The van der Waals surface area contributed by atoms with Crippen molar-refractivity contribution in [2.45, 2.75) is 0 Å². The molecule has 0 spiro atoms. The van der Waals surface area contributed by atoms with Gasteiger partial charge in [-0.1, -0.05) is 0 Å². The Hall–Kier alpha value is 2.14. The molecule has 2 N–H and O–H groups in total. The summed E-state index contributed by atoms with van der Waals surface area (Å²) < 4.78 is 31.9. The van der Waals surface area contributed by atoms with E-state index in [4.69, 9.17) is 15.9 Å². The van der Waals surface area contributed by atoms with Crippen molar-refractivity contribution in [2.75, 3.05) is 0 Å². The fraction of sp³-hybridized carbons (Fsp3) is 0. The molecular weight excluding hydrogens is 298 g/mol. The van der Waals surface area contributed by atoms with Gasteiger partial charge in [-0.3, -0.25) is 0 Å². The second kappa shape index (κ2) is 6.27. The van der Waals surface area contributed by atoms with E-state index in [9.17, 15) is 0 Å². The van der Waals surface area contributed by atoms with Gasteiger partial charge in [0.25, 0.3) is 0 Å². The first kappa shape index (κ1) is 16.1. The summed E-state index contributed by atoms with van der Waals surface area (Å²) >= 11 is -5.25. The molecule has 0 heterocycles. The third-order valence-electron chi connectivity index (χ3n) is 0. The van der Waals surface area contributed by atoms with Gasteiger partial charge in [-0.05, 0) is 0 Å². The molecule has 44 valence electrons. The summed E-state index contributed by atoms with van der Waals surface area (Å²) in [4.78, 5) is 0. The molecular formula is H4CrGdMgO4. The summed E-state index contributed by atoms with van der Waals surface area (Å²) in [6.07, 6.45) is 0. The Balaban J connectivity index is -0.0000000800. The molecule has 0 radical (unpaired) electrons. The Morgan fingerprint density at radius 3 is 1.14 bits per heavy atom. The van der Waals surface area contributed by atoms with E-state index in [0.29, 0.717) is 0 Å². The average molecular weight is 302 g/mol. The van der Waals surface area contributed by atoms with Gasteiger partial charge in [0.2, 0.25) is 0 Å². The Morgan fingerprint density at radius 1 is 1.14 bits per heavy atom. The summed E-state index contributed by atoms with van der Waals surface area (Å²) in [5.74, 6) is 0. The average Bonchev–Trinajstić information content (AvgIpc) is 0.722. The molecule has 0 aromatic rings. The molecule has 7 heavy (non-hydrogen) atoms. The molecule has 0 amide bonds. The van der Waals surface area contributed by atoms with Gasteiger partial charge in [-0.2, -0.15) is 0 Å². The molecule has 0 aliphatic rings. The monoisotopic (exact) mass is 302 g/mol. The van der Waals surface area contributed by atoms with Crippen LogP contribution in [0.15, 0.2) is 0 Å². The molecule has 0 fully saturated rings. The van der Waals surface area contributed by atoms with E-state index in [0.717, 1.165) is 0 Å². The van der Waals surface area contributed by atoms with Gasteiger partial charge in [0.05, 0.1) is 0 Å². The first-order valence-corrected chi connectivity index (χ1v) is 2.88. The standard InChI is InChI=1S/Cr.Gd.Mg.2H2O.2O.2H/h;;;2*1H2;;;;/q+2;;;;;;;;/p-2. The van der Waals surface area contributed by atoms with Gasteiger partial charge in [0, 0.05) is 39.9 Å². The van der Waals surface area contributed by atoms with Crippen molar-refractivity contribution in [1.82, 2.24) is 0 Å². The number of hydrogen-bond donors (Lipinski definition) is 2. The summed E-state index contributed by atoms with van der Waals surface area (Å²) in [5.41, 5.74) is 0. The predicted molar refractivity (Wildman–Crippen MR) is 14.4 cm³/mol. The Morgan fingerprint density at radius 2 is 1.14 bits per heavy atom. The second-order valence-corrected chi connectivity index (χ2v) is 1.85. The summed E-state index contributed by atoms with van der Waals surface area (Å²) in [6, 6.07) is 0. The van der Waals surface area contributed by atoms with Gasteiger partial charge in [-0.15, -0.1) is 0 Å². The first-order valence-electron chi connectivity index (χ1n) is 0.698. The zero-order chi connectivity index (χ0) is 4.50. The van der Waals surface area contributed by atoms with Crippen molar-refractivity contribution in [3.63, 3.8) is 0 Å². The van der Waals surface area contributed by atoms with E-state index in [2.05, 4.69) is 0 Å². The Labute approximate surface area is 90.9 Å². The van der Waals surface area contributed by atoms with Gasteiger partial charge in [-0.25, -0.2) is 0 Å². The summed E-state index contributed by atoms with van der Waals surface area (Å²) in [7, 11) is 0. The normalized spacial score (nSPS) is 8.29. The number of hydrogen-bond acceptors (Lipinski definition) is 2. The van der Waals surface area contributed by atoms with E-state index in [1.807, 2.05) is 0 Å². The van der Waals surface area contributed by atoms with E-state index < -0.39 is 13.6 Å². The summed E-state index contributed by atoms with van der Waals surface area (Å²) in [5, 5.41) is 0. The third-order valence-corrected chi connectivity index (χ3v) is 0. The molecule has 0 bridgehead atoms. The van der Waals surface area contributed by atoms with Gasteiger partial charge in [0.15, 0.2) is 0 Å². The Bertz CT molecular complexity index is 94.9. The van der Waals surface area contributed by atoms with Gasteiger partial charge < -0.3 is 0 Å². The molecule has 4 nitrogen and oxygen atoms in total. The predicted octanol–water partition coefficient (Wildman–Crippen LogP) is -2.27. The van der Waals surface area contributed by atoms with Crippen LogP contribution >= 0.6 is 0 Å². The minimum atomic E-state index is -5.25. The number of rotatable bonds is 0. The molecule has 0 rings (SSSR count). The third kappa shape index (κ3) is 66.9. The molecule has 7 heteroatoms. The van der Waals surface area contributed by atoms with Crippen molar-refractivity contribution >= 4 is 23.1 Å².